The van der Waals surface area contributed by atoms with E-state index in [4.69, 9.17) is 9.47 Å². The van der Waals surface area contributed by atoms with Crippen LogP contribution in [0.2, 0.25) is 0 Å². The van der Waals surface area contributed by atoms with Gasteiger partial charge in [0.25, 0.3) is 0 Å². The van der Waals surface area contributed by atoms with Crippen LogP contribution in [0.25, 0.3) is 0 Å². The minimum absolute atomic E-state index is 0.146. The highest BCUT2D eigenvalue weighted by Crippen LogP contribution is 2.27. The van der Waals surface area contributed by atoms with E-state index >= 15 is 0 Å². The summed E-state index contributed by atoms with van der Waals surface area (Å²) in [6, 6.07) is 4.40. The number of carbonyl (C=O) groups is 4. The van der Waals surface area contributed by atoms with Crippen LogP contribution in [0, 0.1) is 0 Å². The van der Waals surface area contributed by atoms with Crippen LogP contribution in [0.3, 0.4) is 0 Å². The van der Waals surface area contributed by atoms with Gasteiger partial charge in [-0.2, -0.15) is 0 Å². The second-order valence-corrected chi connectivity index (χ2v) is 5.60. The van der Waals surface area contributed by atoms with Gasteiger partial charge in [-0.1, -0.05) is 13.0 Å². The first-order valence-electron chi connectivity index (χ1n) is 8.07. The second kappa shape index (κ2) is 8.32. The number of carbonyl (C=O) groups excluding carboxylic acids is 4. The molecule has 0 unspecified atom stereocenters. The van der Waals surface area contributed by atoms with E-state index in [0.29, 0.717) is 22.8 Å². The molecule has 0 atom stereocenters. The molecular formula is C17H21N3O6. The Hall–Kier alpha value is -3.10. The minimum Gasteiger partial charge on any atom is -0.493 e. The number of hydrogen-bond donors (Lipinski definition) is 1. The molecule has 1 aromatic rings. The average Bonchev–Trinajstić information content (AvgIpc) is 2.84. The van der Waals surface area contributed by atoms with E-state index in [-0.39, 0.29) is 13.1 Å². The molecule has 0 aliphatic carbocycles. The van der Waals surface area contributed by atoms with E-state index in [9.17, 15) is 19.2 Å². The van der Waals surface area contributed by atoms with Crippen LogP contribution < -0.4 is 14.8 Å². The fourth-order valence-electron chi connectivity index (χ4n) is 2.50. The Labute approximate surface area is 150 Å². The maximum atomic E-state index is 12.1. The number of ether oxygens (including phenoxy) is 2. The largest absolute Gasteiger partial charge is 0.493 e. The van der Waals surface area contributed by atoms with Crippen molar-refractivity contribution in [3.05, 3.63) is 23.8 Å². The summed E-state index contributed by atoms with van der Waals surface area (Å²) >= 11 is 0. The summed E-state index contributed by atoms with van der Waals surface area (Å²) in [5.41, 5.74) is 0.749. The van der Waals surface area contributed by atoms with E-state index in [1.807, 2.05) is 0 Å². The molecule has 1 heterocycles. The van der Waals surface area contributed by atoms with Gasteiger partial charge < -0.3 is 14.8 Å². The fraction of sp³-hybridized carbons (Fsp3) is 0.412. The molecule has 5 amide bonds. The normalized spacial score (nSPS) is 14.0. The van der Waals surface area contributed by atoms with Crippen molar-refractivity contribution in [3.8, 4) is 11.5 Å². The molecule has 2 rings (SSSR count). The lowest BCUT2D eigenvalue weighted by Gasteiger charge is -2.15. The molecule has 0 spiro atoms. The summed E-state index contributed by atoms with van der Waals surface area (Å²) in [5.74, 6) is -1.35. The summed E-state index contributed by atoms with van der Waals surface area (Å²) in [5, 5.41) is 2.61. The van der Waals surface area contributed by atoms with Gasteiger partial charge in [0.1, 0.15) is 6.54 Å². The zero-order chi connectivity index (χ0) is 19.3. The monoisotopic (exact) mass is 363 g/mol. The Kier molecular flexibility index (Phi) is 6.16. The number of amides is 5. The molecule has 1 aliphatic rings. The third-order valence-corrected chi connectivity index (χ3v) is 3.82. The zero-order valence-electron chi connectivity index (χ0n) is 14.9. The lowest BCUT2D eigenvalue weighted by Crippen LogP contribution is -2.41. The number of rotatable bonds is 8. The van der Waals surface area contributed by atoms with Crippen molar-refractivity contribution >= 4 is 23.8 Å². The van der Waals surface area contributed by atoms with Gasteiger partial charge in [-0.05, 0) is 24.1 Å². The highest BCUT2D eigenvalue weighted by molar-refractivity contribution is 6.45. The van der Waals surface area contributed by atoms with E-state index < -0.39 is 30.3 Å². The number of nitrogens with one attached hydrogen (secondary N) is 1. The van der Waals surface area contributed by atoms with Crippen molar-refractivity contribution < 1.29 is 28.7 Å². The summed E-state index contributed by atoms with van der Waals surface area (Å²) in [4.78, 5) is 49.3. The molecule has 9 nitrogen and oxygen atoms in total. The molecule has 1 aliphatic heterocycles. The lowest BCUT2D eigenvalue weighted by atomic mass is 10.2. The molecule has 1 aromatic carbocycles. The van der Waals surface area contributed by atoms with Gasteiger partial charge >= 0.3 is 17.8 Å². The Bertz CT molecular complexity index is 733. The van der Waals surface area contributed by atoms with Crippen LogP contribution >= 0.6 is 0 Å². The van der Waals surface area contributed by atoms with Gasteiger partial charge in [-0.3, -0.25) is 19.3 Å². The van der Waals surface area contributed by atoms with Crippen molar-refractivity contribution in [2.45, 2.75) is 19.9 Å². The summed E-state index contributed by atoms with van der Waals surface area (Å²) in [6.45, 7) is 1.59. The molecule has 0 saturated carbocycles. The molecule has 0 bridgehead atoms. The topological polar surface area (TPSA) is 105 Å². The lowest BCUT2D eigenvalue weighted by molar-refractivity contribution is -0.144. The first kappa shape index (κ1) is 19.2. The summed E-state index contributed by atoms with van der Waals surface area (Å²) < 4.78 is 10.3. The number of nitrogens with zero attached hydrogens (tertiary/aromatic N) is 2. The van der Waals surface area contributed by atoms with Crippen molar-refractivity contribution in [1.82, 2.24) is 15.1 Å². The van der Waals surface area contributed by atoms with Crippen LogP contribution in [-0.4, -0.2) is 60.9 Å². The SMILES string of the molecule is CCCN1C(=O)C(=O)N(CC(=O)NCc2ccc(OC)c(OC)c2)C1=O. The second-order valence-electron chi connectivity index (χ2n) is 5.60. The molecule has 140 valence electrons. The maximum absolute atomic E-state index is 12.1. The minimum atomic E-state index is -0.982. The van der Waals surface area contributed by atoms with Gasteiger partial charge in [-0.25, -0.2) is 9.69 Å². The van der Waals surface area contributed by atoms with E-state index in [1.54, 1.807) is 25.1 Å². The van der Waals surface area contributed by atoms with Gasteiger partial charge in [0, 0.05) is 13.1 Å². The number of methoxy groups -OCH3 is 2. The Balaban J connectivity index is 1.96. The average molecular weight is 363 g/mol. The van der Waals surface area contributed by atoms with Gasteiger partial charge in [0.15, 0.2) is 11.5 Å². The third kappa shape index (κ3) is 3.93. The van der Waals surface area contributed by atoms with Crippen LogP contribution in [0.5, 0.6) is 11.5 Å². The Morgan fingerprint density at radius 1 is 1.04 bits per heavy atom. The molecule has 1 fully saturated rings. The molecular weight excluding hydrogens is 342 g/mol. The molecule has 1 saturated heterocycles. The van der Waals surface area contributed by atoms with Crippen molar-refractivity contribution in [2.24, 2.45) is 0 Å². The molecule has 0 radical (unpaired) electrons. The molecule has 9 heteroatoms. The van der Waals surface area contributed by atoms with E-state index in [2.05, 4.69) is 5.32 Å². The summed E-state index contributed by atoms with van der Waals surface area (Å²) in [6.07, 6.45) is 0.532. The smallest absolute Gasteiger partial charge is 0.334 e. The van der Waals surface area contributed by atoms with Gasteiger partial charge in [0.2, 0.25) is 5.91 Å². The molecule has 1 N–H and O–H groups in total. The van der Waals surface area contributed by atoms with E-state index in [1.165, 1.54) is 14.2 Å². The molecule has 0 aromatic heterocycles. The van der Waals surface area contributed by atoms with Gasteiger partial charge in [-0.15, -0.1) is 0 Å². The highest BCUT2D eigenvalue weighted by atomic mass is 16.5. The van der Waals surface area contributed by atoms with Crippen molar-refractivity contribution in [2.75, 3.05) is 27.3 Å². The number of hydrogen-bond acceptors (Lipinski definition) is 6. The Morgan fingerprint density at radius 3 is 2.31 bits per heavy atom. The van der Waals surface area contributed by atoms with Crippen LogP contribution in [0.1, 0.15) is 18.9 Å². The maximum Gasteiger partial charge on any atom is 0.334 e. The zero-order valence-corrected chi connectivity index (χ0v) is 14.9. The van der Waals surface area contributed by atoms with Crippen LogP contribution in [0.4, 0.5) is 4.79 Å². The Morgan fingerprint density at radius 2 is 1.69 bits per heavy atom. The first-order valence-corrected chi connectivity index (χ1v) is 8.07. The van der Waals surface area contributed by atoms with Gasteiger partial charge in [0.05, 0.1) is 14.2 Å². The predicted octanol–water partition coefficient (Wildman–Crippen LogP) is 0.521. The number of benzene rings is 1. The summed E-state index contributed by atoms with van der Waals surface area (Å²) in [7, 11) is 3.02. The van der Waals surface area contributed by atoms with Crippen molar-refractivity contribution in [1.29, 1.82) is 0 Å². The standard InChI is InChI=1S/C17H21N3O6/c1-4-7-19-15(22)16(23)20(17(19)24)10-14(21)18-9-11-5-6-12(25-2)13(8-11)26-3/h5-6,8H,4,7,9-10H2,1-3H3,(H,18,21). The quantitative estimate of drug-likeness (QED) is 0.533. The predicted molar refractivity (Wildman–Crippen MR) is 90.5 cm³/mol. The van der Waals surface area contributed by atoms with Crippen LogP contribution in [0.15, 0.2) is 18.2 Å². The molecule has 26 heavy (non-hydrogen) atoms. The number of urea groups is 1. The number of imide groups is 2. The fourth-order valence-corrected chi connectivity index (χ4v) is 2.50. The first-order chi connectivity index (χ1) is 12.4. The third-order valence-electron chi connectivity index (χ3n) is 3.82. The van der Waals surface area contributed by atoms with Crippen LogP contribution in [-0.2, 0) is 20.9 Å². The van der Waals surface area contributed by atoms with Crippen molar-refractivity contribution in [3.63, 3.8) is 0 Å². The van der Waals surface area contributed by atoms with E-state index in [0.717, 1.165) is 10.5 Å². The highest BCUT2D eigenvalue weighted by Gasteiger charge is 2.44.